The third-order valence-corrected chi connectivity index (χ3v) is 4.41. The van der Waals surface area contributed by atoms with Gasteiger partial charge in [-0.15, -0.1) is 0 Å². The van der Waals surface area contributed by atoms with E-state index < -0.39 is 0 Å². The topological polar surface area (TPSA) is 54.9 Å². The minimum Gasteiger partial charge on any atom is -0.311 e. The van der Waals surface area contributed by atoms with E-state index in [4.69, 9.17) is 11.6 Å². The zero-order valence-electron chi connectivity index (χ0n) is 10.1. The Balaban J connectivity index is 1.56. The van der Waals surface area contributed by atoms with Gasteiger partial charge in [0.05, 0.1) is 0 Å². The van der Waals surface area contributed by atoms with E-state index in [1.54, 1.807) is 12.3 Å². The van der Waals surface area contributed by atoms with Crippen molar-refractivity contribution in [3.05, 3.63) is 17.5 Å². The number of hydrogen-bond acceptors (Lipinski definition) is 3. The molecular weight excluding hydrogens is 250 g/mol. The number of fused-ring (bicyclic) bond motifs is 2. The van der Waals surface area contributed by atoms with Crippen molar-refractivity contribution in [3.8, 4) is 0 Å². The number of rotatable bonds is 3. The van der Waals surface area contributed by atoms with Gasteiger partial charge in [-0.25, -0.2) is 9.97 Å². The van der Waals surface area contributed by atoms with Crippen molar-refractivity contribution in [2.24, 2.45) is 17.8 Å². The van der Waals surface area contributed by atoms with E-state index in [2.05, 4.69) is 15.3 Å². The molecule has 1 heterocycles. The SMILES string of the molecule is O=C(CC1CC2CCC1C2)Nc1ccnc(Cl)n1. The molecule has 2 fully saturated rings. The van der Waals surface area contributed by atoms with Crippen molar-refractivity contribution in [2.45, 2.75) is 32.1 Å². The van der Waals surface area contributed by atoms with Gasteiger partial charge in [-0.1, -0.05) is 6.42 Å². The molecule has 3 atom stereocenters. The fraction of sp³-hybridized carbons (Fsp3) is 0.615. The van der Waals surface area contributed by atoms with Gasteiger partial charge in [-0.3, -0.25) is 4.79 Å². The Morgan fingerprint density at radius 2 is 2.33 bits per heavy atom. The minimum atomic E-state index is 0.0438. The highest BCUT2D eigenvalue weighted by Crippen LogP contribution is 2.49. The van der Waals surface area contributed by atoms with Crippen LogP contribution in [0, 0.1) is 17.8 Å². The van der Waals surface area contributed by atoms with Crippen LogP contribution in [0.2, 0.25) is 5.28 Å². The number of amides is 1. The summed E-state index contributed by atoms with van der Waals surface area (Å²) in [6.07, 6.45) is 7.39. The molecular formula is C13H16ClN3O. The number of hydrogen-bond donors (Lipinski definition) is 1. The molecule has 1 aromatic rings. The van der Waals surface area contributed by atoms with E-state index in [0.29, 0.717) is 18.2 Å². The van der Waals surface area contributed by atoms with Gasteiger partial charge >= 0.3 is 0 Å². The van der Waals surface area contributed by atoms with Crippen LogP contribution in [0.1, 0.15) is 32.1 Å². The Morgan fingerprint density at radius 3 is 3.00 bits per heavy atom. The second-order valence-corrected chi connectivity index (χ2v) is 5.74. The van der Waals surface area contributed by atoms with E-state index in [-0.39, 0.29) is 11.2 Å². The monoisotopic (exact) mass is 265 g/mol. The van der Waals surface area contributed by atoms with Gasteiger partial charge in [-0.2, -0.15) is 0 Å². The highest BCUT2D eigenvalue weighted by molar-refractivity contribution is 6.28. The van der Waals surface area contributed by atoms with Gasteiger partial charge in [0.2, 0.25) is 11.2 Å². The minimum absolute atomic E-state index is 0.0438. The Bertz CT molecular complexity index is 465. The Hall–Kier alpha value is -1.16. The van der Waals surface area contributed by atoms with Crippen LogP contribution >= 0.6 is 11.6 Å². The third-order valence-electron chi connectivity index (χ3n) is 4.23. The molecule has 2 aliphatic carbocycles. The van der Waals surface area contributed by atoms with Crippen molar-refractivity contribution in [1.29, 1.82) is 0 Å². The fourth-order valence-electron chi connectivity index (χ4n) is 3.46. The Labute approximate surface area is 111 Å². The molecule has 5 heteroatoms. The van der Waals surface area contributed by atoms with Crippen molar-refractivity contribution >= 4 is 23.3 Å². The summed E-state index contributed by atoms with van der Waals surface area (Å²) in [4.78, 5) is 19.7. The molecule has 1 N–H and O–H groups in total. The van der Waals surface area contributed by atoms with Crippen molar-refractivity contribution in [1.82, 2.24) is 9.97 Å². The molecule has 2 aliphatic rings. The van der Waals surface area contributed by atoms with Crippen molar-refractivity contribution < 1.29 is 4.79 Å². The number of halogens is 1. The summed E-state index contributed by atoms with van der Waals surface area (Å²) in [5.41, 5.74) is 0. The largest absolute Gasteiger partial charge is 0.311 e. The molecule has 96 valence electrons. The second kappa shape index (κ2) is 4.84. The smallest absolute Gasteiger partial charge is 0.225 e. The first-order valence-electron chi connectivity index (χ1n) is 6.49. The first-order valence-corrected chi connectivity index (χ1v) is 6.87. The molecule has 0 aliphatic heterocycles. The predicted molar refractivity (Wildman–Crippen MR) is 69.2 cm³/mol. The van der Waals surface area contributed by atoms with E-state index in [0.717, 1.165) is 11.8 Å². The molecule has 1 aromatic heterocycles. The van der Waals surface area contributed by atoms with Crippen LogP contribution in [0.25, 0.3) is 0 Å². The van der Waals surface area contributed by atoms with Gasteiger partial charge in [-0.05, 0) is 54.7 Å². The maximum absolute atomic E-state index is 11.9. The molecule has 3 rings (SSSR count). The molecule has 1 amide bonds. The fourth-order valence-corrected chi connectivity index (χ4v) is 3.61. The van der Waals surface area contributed by atoms with E-state index in [9.17, 15) is 4.79 Å². The molecule has 2 saturated carbocycles. The van der Waals surface area contributed by atoms with Crippen molar-refractivity contribution in [2.75, 3.05) is 5.32 Å². The first-order chi connectivity index (χ1) is 8.70. The summed E-state index contributed by atoms with van der Waals surface area (Å²) >= 11 is 5.68. The Morgan fingerprint density at radius 1 is 1.44 bits per heavy atom. The summed E-state index contributed by atoms with van der Waals surface area (Å²) < 4.78 is 0. The van der Waals surface area contributed by atoms with Crippen LogP contribution in [-0.4, -0.2) is 15.9 Å². The molecule has 18 heavy (non-hydrogen) atoms. The summed E-state index contributed by atoms with van der Waals surface area (Å²) in [5, 5.41) is 2.95. The predicted octanol–water partition coefficient (Wildman–Crippen LogP) is 2.89. The lowest BCUT2D eigenvalue weighted by molar-refractivity contribution is -0.117. The number of carbonyl (C=O) groups is 1. The highest BCUT2D eigenvalue weighted by Gasteiger charge is 2.40. The quantitative estimate of drug-likeness (QED) is 0.855. The van der Waals surface area contributed by atoms with E-state index in [1.807, 2.05) is 0 Å². The molecule has 0 spiro atoms. The summed E-state index contributed by atoms with van der Waals surface area (Å²) in [5.74, 6) is 2.75. The van der Waals surface area contributed by atoms with Crippen LogP contribution in [0.3, 0.4) is 0 Å². The molecule has 0 aromatic carbocycles. The molecule has 0 saturated heterocycles. The standard InChI is InChI=1S/C13H16ClN3O/c14-13-15-4-3-11(17-13)16-12(18)7-10-6-8-1-2-9(10)5-8/h3-4,8-10H,1-2,5-7H2,(H,15,16,17,18). The highest BCUT2D eigenvalue weighted by atomic mass is 35.5. The maximum Gasteiger partial charge on any atom is 0.225 e. The molecule has 0 radical (unpaired) electrons. The van der Waals surface area contributed by atoms with Crippen LogP contribution in [0.5, 0.6) is 0 Å². The lowest BCUT2D eigenvalue weighted by atomic mass is 9.86. The maximum atomic E-state index is 11.9. The summed E-state index contributed by atoms with van der Waals surface area (Å²) in [7, 11) is 0. The number of nitrogens with one attached hydrogen (secondary N) is 1. The second-order valence-electron chi connectivity index (χ2n) is 5.40. The number of aromatic nitrogens is 2. The summed E-state index contributed by atoms with van der Waals surface area (Å²) in [6.45, 7) is 0. The van der Waals surface area contributed by atoms with Crippen molar-refractivity contribution in [3.63, 3.8) is 0 Å². The van der Waals surface area contributed by atoms with Crippen LogP contribution in [-0.2, 0) is 4.79 Å². The summed E-state index contributed by atoms with van der Waals surface area (Å²) in [6, 6.07) is 1.66. The van der Waals surface area contributed by atoms with Crippen LogP contribution in [0.4, 0.5) is 5.82 Å². The number of nitrogens with zero attached hydrogens (tertiary/aromatic N) is 2. The normalized spacial score (nSPS) is 29.5. The van der Waals surface area contributed by atoms with Gasteiger partial charge in [0.25, 0.3) is 0 Å². The Kier molecular flexibility index (Phi) is 3.20. The van der Waals surface area contributed by atoms with E-state index >= 15 is 0 Å². The lowest BCUT2D eigenvalue weighted by Crippen LogP contribution is -2.20. The molecule has 2 bridgehead atoms. The number of anilines is 1. The lowest BCUT2D eigenvalue weighted by Gasteiger charge is -2.20. The molecule has 3 unspecified atom stereocenters. The van der Waals surface area contributed by atoms with Crippen LogP contribution < -0.4 is 5.32 Å². The van der Waals surface area contributed by atoms with Gasteiger partial charge < -0.3 is 5.32 Å². The van der Waals surface area contributed by atoms with Gasteiger partial charge in [0.15, 0.2) is 0 Å². The third kappa shape index (κ3) is 2.48. The van der Waals surface area contributed by atoms with Gasteiger partial charge in [0.1, 0.15) is 5.82 Å². The van der Waals surface area contributed by atoms with Gasteiger partial charge in [0, 0.05) is 12.6 Å². The van der Waals surface area contributed by atoms with E-state index in [1.165, 1.54) is 25.7 Å². The first kappa shape index (κ1) is 11.9. The number of carbonyl (C=O) groups excluding carboxylic acids is 1. The molecule has 4 nitrogen and oxygen atoms in total. The zero-order valence-corrected chi connectivity index (χ0v) is 10.9. The van der Waals surface area contributed by atoms with Crippen LogP contribution in [0.15, 0.2) is 12.3 Å². The average molecular weight is 266 g/mol. The average Bonchev–Trinajstić information content (AvgIpc) is 2.90. The zero-order chi connectivity index (χ0) is 12.5.